The molecule has 1 aromatic carbocycles. The predicted molar refractivity (Wildman–Crippen MR) is 85.1 cm³/mol. The van der Waals surface area contributed by atoms with Crippen LogP contribution in [0.25, 0.3) is 0 Å². The number of hydrogen-bond acceptors (Lipinski definition) is 3. The maximum atomic E-state index is 12.4. The molecule has 1 saturated heterocycles. The number of nitrogens with zero attached hydrogens (tertiary/aromatic N) is 1. The quantitative estimate of drug-likeness (QED) is 0.812. The number of alkyl halides is 3. The van der Waals surface area contributed by atoms with E-state index in [1.165, 1.54) is 25.0 Å². The zero-order valence-electron chi connectivity index (χ0n) is 13.9. The molecule has 0 spiro atoms. The van der Waals surface area contributed by atoms with E-state index in [9.17, 15) is 13.2 Å². The molecular formula is C18H24F3NO2. The van der Waals surface area contributed by atoms with Crippen LogP contribution in [0.2, 0.25) is 0 Å². The summed E-state index contributed by atoms with van der Waals surface area (Å²) in [5, 5.41) is 0. The zero-order valence-corrected chi connectivity index (χ0v) is 13.9. The van der Waals surface area contributed by atoms with Crippen LogP contribution in [0.15, 0.2) is 24.3 Å². The molecule has 0 unspecified atom stereocenters. The first-order valence-corrected chi connectivity index (χ1v) is 8.59. The molecule has 0 N–H and O–H groups in total. The molecule has 2 aliphatic rings. The van der Waals surface area contributed by atoms with Crippen molar-refractivity contribution in [1.82, 2.24) is 4.90 Å². The molecule has 0 bridgehead atoms. The molecule has 3 atom stereocenters. The first-order valence-electron chi connectivity index (χ1n) is 8.59. The summed E-state index contributed by atoms with van der Waals surface area (Å²) < 4.78 is 47.0. The molecule has 1 aliphatic heterocycles. The fourth-order valence-corrected chi connectivity index (χ4v) is 4.12. The molecule has 134 valence electrons. The fourth-order valence-electron chi connectivity index (χ4n) is 4.12. The molecule has 2 fully saturated rings. The monoisotopic (exact) mass is 343 g/mol. The highest BCUT2D eigenvalue weighted by Gasteiger charge is 2.36. The first kappa shape index (κ1) is 17.5. The molecule has 1 saturated carbocycles. The number of benzene rings is 1. The number of halogens is 3. The lowest BCUT2D eigenvalue weighted by atomic mass is 9.79. The van der Waals surface area contributed by atoms with Gasteiger partial charge in [-0.15, -0.1) is 13.2 Å². The van der Waals surface area contributed by atoms with Gasteiger partial charge in [0.1, 0.15) is 5.75 Å². The number of likely N-dealkylation sites (tertiary alicyclic amines) is 1. The van der Waals surface area contributed by atoms with Crippen molar-refractivity contribution >= 4 is 0 Å². The van der Waals surface area contributed by atoms with Crippen LogP contribution in [0.4, 0.5) is 13.2 Å². The number of ether oxygens (including phenoxy) is 2. The normalized spacial score (nSPS) is 28.9. The SMILES string of the molecule is CO[C@H]1CC[C@H](c2cccc(OC(F)(F)F)c2)C[C@@H]1N1CCCC1. The molecule has 6 heteroatoms. The van der Waals surface area contributed by atoms with Crippen LogP contribution in [0, 0.1) is 0 Å². The minimum Gasteiger partial charge on any atom is -0.406 e. The smallest absolute Gasteiger partial charge is 0.406 e. The van der Waals surface area contributed by atoms with Gasteiger partial charge < -0.3 is 9.47 Å². The van der Waals surface area contributed by atoms with E-state index >= 15 is 0 Å². The van der Waals surface area contributed by atoms with Crippen LogP contribution in [0.5, 0.6) is 5.75 Å². The molecular weight excluding hydrogens is 319 g/mol. The Kier molecular flexibility index (Phi) is 5.35. The predicted octanol–water partition coefficient (Wildman–Crippen LogP) is 4.33. The number of methoxy groups -OCH3 is 1. The maximum absolute atomic E-state index is 12.4. The van der Waals surface area contributed by atoms with E-state index in [4.69, 9.17) is 4.74 Å². The van der Waals surface area contributed by atoms with E-state index in [1.807, 2.05) is 6.07 Å². The average molecular weight is 343 g/mol. The molecule has 24 heavy (non-hydrogen) atoms. The molecule has 3 nitrogen and oxygen atoms in total. The van der Waals surface area contributed by atoms with Gasteiger partial charge in [-0.25, -0.2) is 0 Å². The lowest BCUT2D eigenvalue weighted by Crippen LogP contribution is -2.46. The van der Waals surface area contributed by atoms with Gasteiger partial charge in [0.25, 0.3) is 0 Å². The van der Waals surface area contributed by atoms with Crippen molar-refractivity contribution in [1.29, 1.82) is 0 Å². The lowest BCUT2D eigenvalue weighted by Gasteiger charge is -2.40. The largest absolute Gasteiger partial charge is 0.573 e. The zero-order chi connectivity index (χ0) is 17.2. The maximum Gasteiger partial charge on any atom is 0.573 e. The van der Waals surface area contributed by atoms with E-state index in [1.54, 1.807) is 13.2 Å². The van der Waals surface area contributed by atoms with E-state index in [-0.39, 0.29) is 17.8 Å². The summed E-state index contributed by atoms with van der Waals surface area (Å²) in [5.41, 5.74) is 0.926. The van der Waals surface area contributed by atoms with Gasteiger partial charge in [-0.1, -0.05) is 12.1 Å². The molecule has 0 amide bonds. The van der Waals surface area contributed by atoms with Crippen molar-refractivity contribution < 1.29 is 22.6 Å². The van der Waals surface area contributed by atoms with Crippen molar-refractivity contribution in [3.63, 3.8) is 0 Å². The Hall–Kier alpha value is -1.27. The Morgan fingerprint density at radius 1 is 1.12 bits per heavy atom. The van der Waals surface area contributed by atoms with E-state index < -0.39 is 6.36 Å². The van der Waals surface area contributed by atoms with Gasteiger partial charge in [0.05, 0.1) is 6.10 Å². The van der Waals surface area contributed by atoms with Gasteiger partial charge in [0, 0.05) is 13.2 Å². The minimum absolute atomic E-state index is 0.133. The summed E-state index contributed by atoms with van der Waals surface area (Å²) in [6.07, 6.45) is 0.788. The Labute approximate surface area is 140 Å². The number of rotatable bonds is 4. The topological polar surface area (TPSA) is 21.7 Å². The Morgan fingerprint density at radius 2 is 1.88 bits per heavy atom. The van der Waals surface area contributed by atoms with Gasteiger partial charge in [-0.05, 0) is 68.8 Å². The van der Waals surface area contributed by atoms with E-state index in [2.05, 4.69) is 9.64 Å². The van der Waals surface area contributed by atoms with Crippen molar-refractivity contribution in [2.45, 2.75) is 56.5 Å². The van der Waals surface area contributed by atoms with E-state index in [0.717, 1.165) is 37.9 Å². The van der Waals surface area contributed by atoms with Crippen LogP contribution < -0.4 is 4.74 Å². The summed E-state index contributed by atoms with van der Waals surface area (Å²) in [6.45, 7) is 2.18. The summed E-state index contributed by atoms with van der Waals surface area (Å²) >= 11 is 0. The highest BCUT2D eigenvalue weighted by molar-refractivity contribution is 5.31. The highest BCUT2D eigenvalue weighted by Crippen LogP contribution is 2.38. The second-order valence-electron chi connectivity index (χ2n) is 6.71. The summed E-state index contributed by atoms with van der Waals surface area (Å²) in [7, 11) is 1.76. The number of hydrogen-bond donors (Lipinski definition) is 0. The summed E-state index contributed by atoms with van der Waals surface area (Å²) in [6, 6.07) is 6.79. The molecule has 3 rings (SSSR count). The van der Waals surface area contributed by atoms with Crippen LogP contribution >= 0.6 is 0 Å². The van der Waals surface area contributed by atoms with Crippen LogP contribution in [-0.4, -0.2) is 43.6 Å². The minimum atomic E-state index is -4.65. The van der Waals surface area contributed by atoms with Crippen molar-refractivity contribution in [3.05, 3.63) is 29.8 Å². The third-order valence-corrected chi connectivity index (χ3v) is 5.23. The van der Waals surface area contributed by atoms with E-state index in [0.29, 0.717) is 6.04 Å². The van der Waals surface area contributed by atoms with Crippen LogP contribution in [0.1, 0.15) is 43.6 Å². The molecule has 0 radical (unpaired) electrons. The third kappa shape index (κ3) is 4.22. The second-order valence-corrected chi connectivity index (χ2v) is 6.71. The molecule has 1 heterocycles. The second kappa shape index (κ2) is 7.31. The average Bonchev–Trinajstić information content (AvgIpc) is 3.07. The first-order chi connectivity index (χ1) is 11.5. The lowest BCUT2D eigenvalue weighted by molar-refractivity contribution is -0.274. The molecule has 1 aliphatic carbocycles. The highest BCUT2D eigenvalue weighted by atomic mass is 19.4. The van der Waals surface area contributed by atoms with Gasteiger partial charge in [0.2, 0.25) is 0 Å². The summed E-state index contributed by atoms with van der Waals surface area (Å²) in [5.74, 6) is 0.116. The van der Waals surface area contributed by atoms with Gasteiger partial charge in [0.15, 0.2) is 0 Å². The molecule has 1 aromatic rings. The van der Waals surface area contributed by atoms with Gasteiger partial charge in [-0.3, -0.25) is 4.90 Å². The fraction of sp³-hybridized carbons (Fsp3) is 0.667. The van der Waals surface area contributed by atoms with Crippen molar-refractivity contribution in [2.75, 3.05) is 20.2 Å². The van der Waals surface area contributed by atoms with Gasteiger partial charge >= 0.3 is 6.36 Å². The Morgan fingerprint density at radius 3 is 2.54 bits per heavy atom. The van der Waals surface area contributed by atoms with Crippen LogP contribution in [0.3, 0.4) is 0 Å². The third-order valence-electron chi connectivity index (χ3n) is 5.23. The van der Waals surface area contributed by atoms with Crippen molar-refractivity contribution in [3.8, 4) is 5.75 Å². The van der Waals surface area contributed by atoms with Crippen LogP contribution in [-0.2, 0) is 4.74 Å². The Bertz CT molecular complexity index is 541. The summed E-state index contributed by atoms with van der Waals surface area (Å²) in [4.78, 5) is 2.48. The standard InChI is InChI=1S/C18H24F3NO2/c1-23-17-8-7-14(12-16(17)22-9-2-3-10-22)13-5-4-6-15(11-13)24-18(19,20)21/h4-6,11,14,16-17H,2-3,7-10,12H2,1H3/t14-,16-,17-/m0/s1. The van der Waals surface area contributed by atoms with Crippen molar-refractivity contribution in [2.24, 2.45) is 0 Å². The molecule has 0 aromatic heterocycles. The van der Waals surface area contributed by atoms with Gasteiger partial charge in [-0.2, -0.15) is 0 Å². The Balaban J connectivity index is 1.73.